The quantitative estimate of drug-likeness (QED) is 0.762. The molecule has 0 heterocycles. The molecule has 78 valence electrons. The molecule has 0 aliphatic carbocycles. The maximum absolute atomic E-state index is 5.92. The van der Waals surface area contributed by atoms with E-state index < -0.39 is 0 Å². The molecule has 3 heteroatoms. The van der Waals surface area contributed by atoms with Gasteiger partial charge in [-0.25, -0.2) is 0 Å². The van der Waals surface area contributed by atoms with E-state index in [0.29, 0.717) is 5.69 Å². The van der Waals surface area contributed by atoms with Crippen LogP contribution in [0.15, 0.2) is 30.3 Å². The van der Waals surface area contributed by atoms with E-state index in [9.17, 15) is 0 Å². The van der Waals surface area contributed by atoms with Crippen LogP contribution in [0.4, 0.5) is 5.69 Å². The molecule has 2 N–H and O–H groups in total. The van der Waals surface area contributed by atoms with Crippen molar-refractivity contribution >= 4 is 16.5 Å². The summed E-state index contributed by atoms with van der Waals surface area (Å²) in [5.74, 6) is 1.57. The van der Waals surface area contributed by atoms with Gasteiger partial charge in [0.05, 0.1) is 19.6 Å². The van der Waals surface area contributed by atoms with Gasteiger partial charge in [-0.1, -0.05) is 12.1 Å². The minimum Gasteiger partial charge on any atom is -0.496 e. The summed E-state index contributed by atoms with van der Waals surface area (Å²) >= 11 is 0. The van der Waals surface area contributed by atoms with E-state index in [4.69, 9.17) is 15.2 Å². The topological polar surface area (TPSA) is 44.5 Å². The summed E-state index contributed by atoms with van der Waals surface area (Å²) in [6.07, 6.45) is 0. The molecule has 0 aliphatic rings. The highest BCUT2D eigenvalue weighted by Gasteiger charge is 2.08. The van der Waals surface area contributed by atoms with E-state index in [1.807, 2.05) is 30.3 Å². The number of hydrogen-bond acceptors (Lipinski definition) is 3. The van der Waals surface area contributed by atoms with Gasteiger partial charge in [-0.2, -0.15) is 0 Å². The van der Waals surface area contributed by atoms with Crippen molar-refractivity contribution in [3.05, 3.63) is 30.3 Å². The Morgan fingerprint density at radius 1 is 0.933 bits per heavy atom. The van der Waals surface area contributed by atoms with Gasteiger partial charge in [0.15, 0.2) is 0 Å². The van der Waals surface area contributed by atoms with Crippen molar-refractivity contribution in [1.29, 1.82) is 0 Å². The predicted octanol–water partition coefficient (Wildman–Crippen LogP) is 2.44. The lowest BCUT2D eigenvalue weighted by molar-refractivity contribution is 0.410. The Bertz CT molecular complexity index is 494. The number of nitrogens with two attached hydrogens (primary N) is 1. The Labute approximate surface area is 88.4 Å². The number of fused-ring (bicyclic) bond motifs is 1. The third kappa shape index (κ3) is 1.46. The van der Waals surface area contributed by atoms with E-state index in [1.54, 1.807) is 14.2 Å². The molecule has 0 unspecified atom stereocenters. The Balaban J connectivity index is 2.86. The highest BCUT2D eigenvalue weighted by Crippen LogP contribution is 2.36. The molecule has 0 saturated heterocycles. The molecule has 0 bridgehead atoms. The number of ether oxygens (including phenoxy) is 2. The van der Waals surface area contributed by atoms with Crippen LogP contribution in [0.1, 0.15) is 0 Å². The maximum atomic E-state index is 5.92. The lowest BCUT2D eigenvalue weighted by Gasteiger charge is -2.11. The van der Waals surface area contributed by atoms with Gasteiger partial charge in [-0.3, -0.25) is 0 Å². The van der Waals surface area contributed by atoms with Gasteiger partial charge in [-0.05, 0) is 18.2 Å². The first kappa shape index (κ1) is 9.65. The number of anilines is 1. The fraction of sp³-hybridized carbons (Fsp3) is 0.167. The average Bonchev–Trinajstić information content (AvgIpc) is 2.28. The van der Waals surface area contributed by atoms with Crippen LogP contribution in [0.2, 0.25) is 0 Å². The molecule has 2 rings (SSSR count). The molecule has 0 atom stereocenters. The highest BCUT2D eigenvalue weighted by molar-refractivity contribution is 6.01. The van der Waals surface area contributed by atoms with Crippen LogP contribution in [0.3, 0.4) is 0 Å². The molecule has 2 aromatic carbocycles. The van der Waals surface area contributed by atoms with Gasteiger partial charge in [0.2, 0.25) is 0 Å². The van der Waals surface area contributed by atoms with Crippen LogP contribution in [-0.2, 0) is 0 Å². The molecule has 0 saturated carbocycles. The van der Waals surface area contributed by atoms with E-state index in [2.05, 4.69) is 0 Å². The molecule has 3 nitrogen and oxygen atoms in total. The molecule has 0 fully saturated rings. The molecule has 0 aromatic heterocycles. The van der Waals surface area contributed by atoms with Crippen molar-refractivity contribution < 1.29 is 9.47 Å². The Kier molecular flexibility index (Phi) is 2.37. The maximum Gasteiger partial charge on any atom is 0.129 e. The van der Waals surface area contributed by atoms with E-state index in [0.717, 1.165) is 22.3 Å². The number of benzene rings is 2. The van der Waals surface area contributed by atoms with Crippen molar-refractivity contribution in [3.63, 3.8) is 0 Å². The van der Waals surface area contributed by atoms with E-state index >= 15 is 0 Å². The summed E-state index contributed by atoms with van der Waals surface area (Å²) in [7, 11) is 3.28. The molecule has 2 aromatic rings. The minimum atomic E-state index is 0.697. The van der Waals surface area contributed by atoms with Crippen molar-refractivity contribution in [1.82, 2.24) is 0 Å². The normalized spacial score (nSPS) is 10.3. The Hall–Kier alpha value is -1.90. The summed E-state index contributed by atoms with van der Waals surface area (Å²) < 4.78 is 10.5. The van der Waals surface area contributed by atoms with Crippen LogP contribution in [0.25, 0.3) is 10.8 Å². The summed E-state index contributed by atoms with van der Waals surface area (Å²) in [6.45, 7) is 0. The Morgan fingerprint density at radius 3 is 2.27 bits per heavy atom. The molecule has 0 aliphatic heterocycles. The van der Waals surface area contributed by atoms with Gasteiger partial charge in [0.1, 0.15) is 11.5 Å². The zero-order chi connectivity index (χ0) is 10.8. The number of rotatable bonds is 2. The predicted molar refractivity (Wildman–Crippen MR) is 61.5 cm³/mol. The number of methoxy groups -OCH3 is 2. The first-order valence-electron chi connectivity index (χ1n) is 4.67. The molecule has 0 spiro atoms. The molecule has 15 heavy (non-hydrogen) atoms. The largest absolute Gasteiger partial charge is 0.496 e. The average molecular weight is 203 g/mol. The summed E-state index contributed by atoms with van der Waals surface area (Å²) in [6, 6.07) is 9.45. The minimum absolute atomic E-state index is 0.697. The number of nitrogen functional groups attached to an aromatic ring is 1. The van der Waals surface area contributed by atoms with Crippen LogP contribution >= 0.6 is 0 Å². The lowest BCUT2D eigenvalue weighted by atomic mass is 10.1. The van der Waals surface area contributed by atoms with Crippen LogP contribution in [0, 0.1) is 0 Å². The second-order valence-corrected chi connectivity index (χ2v) is 3.24. The Morgan fingerprint density at radius 2 is 1.60 bits per heavy atom. The van der Waals surface area contributed by atoms with Gasteiger partial charge in [0, 0.05) is 11.1 Å². The SMILES string of the molecule is COc1ccc(OC)c2c(N)cccc12. The van der Waals surface area contributed by atoms with Gasteiger partial charge >= 0.3 is 0 Å². The number of hydrogen-bond donors (Lipinski definition) is 1. The smallest absolute Gasteiger partial charge is 0.129 e. The van der Waals surface area contributed by atoms with Crippen molar-refractivity contribution in [2.45, 2.75) is 0 Å². The molecule has 0 radical (unpaired) electrons. The van der Waals surface area contributed by atoms with E-state index in [-0.39, 0.29) is 0 Å². The van der Waals surface area contributed by atoms with Crippen molar-refractivity contribution in [2.75, 3.05) is 20.0 Å². The molecular formula is C12H13NO2. The lowest BCUT2D eigenvalue weighted by Crippen LogP contribution is -1.93. The first-order chi connectivity index (χ1) is 7.27. The molecule has 0 amide bonds. The van der Waals surface area contributed by atoms with Gasteiger partial charge < -0.3 is 15.2 Å². The standard InChI is InChI=1S/C12H13NO2/c1-14-10-6-7-11(15-2)12-8(10)4-3-5-9(12)13/h3-7H,13H2,1-2H3. The zero-order valence-corrected chi connectivity index (χ0v) is 8.78. The zero-order valence-electron chi connectivity index (χ0n) is 8.78. The molecular weight excluding hydrogens is 190 g/mol. The third-order valence-corrected chi connectivity index (χ3v) is 2.43. The first-order valence-corrected chi connectivity index (χ1v) is 4.67. The van der Waals surface area contributed by atoms with Crippen LogP contribution in [-0.4, -0.2) is 14.2 Å². The fourth-order valence-electron chi connectivity index (χ4n) is 1.72. The summed E-state index contributed by atoms with van der Waals surface area (Å²) in [5.41, 5.74) is 6.62. The summed E-state index contributed by atoms with van der Waals surface area (Å²) in [5, 5.41) is 1.87. The summed E-state index contributed by atoms with van der Waals surface area (Å²) in [4.78, 5) is 0. The van der Waals surface area contributed by atoms with Crippen LogP contribution < -0.4 is 15.2 Å². The fourth-order valence-corrected chi connectivity index (χ4v) is 1.72. The monoisotopic (exact) mass is 203 g/mol. The van der Waals surface area contributed by atoms with Crippen molar-refractivity contribution in [3.8, 4) is 11.5 Å². The second kappa shape index (κ2) is 3.69. The van der Waals surface area contributed by atoms with E-state index in [1.165, 1.54) is 0 Å². The van der Waals surface area contributed by atoms with Gasteiger partial charge in [0.25, 0.3) is 0 Å². The third-order valence-electron chi connectivity index (χ3n) is 2.43. The second-order valence-electron chi connectivity index (χ2n) is 3.24. The van der Waals surface area contributed by atoms with Crippen molar-refractivity contribution in [2.24, 2.45) is 0 Å². The van der Waals surface area contributed by atoms with Crippen LogP contribution in [0.5, 0.6) is 11.5 Å². The van der Waals surface area contributed by atoms with Gasteiger partial charge in [-0.15, -0.1) is 0 Å². The highest BCUT2D eigenvalue weighted by atomic mass is 16.5.